The predicted molar refractivity (Wildman–Crippen MR) is 278 cm³/mol. The van der Waals surface area contributed by atoms with E-state index in [0.29, 0.717) is 0 Å². The zero-order chi connectivity index (χ0) is 43.1. The van der Waals surface area contributed by atoms with Crippen molar-refractivity contribution in [3.63, 3.8) is 0 Å². The Balaban J connectivity index is 1.03. The minimum atomic E-state index is 1.08. The fraction of sp³-hybridized carbons (Fsp3) is 0. The van der Waals surface area contributed by atoms with E-state index >= 15 is 0 Å². The Morgan fingerprint density at radius 2 is 0.600 bits per heavy atom. The van der Waals surface area contributed by atoms with Gasteiger partial charge in [-0.25, -0.2) is 0 Å². The highest BCUT2D eigenvalue weighted by atomic mass is 15.1. The van der Waals surface area contributed by atoms with Crippen LogP contribution in [-0.4, -0.2) is 0 Å². The summed E-state index contributed by atoms with van der Waals surface area (Å²) in [4.78, 5) is 2.45. The van der Waals surface area contributed by atoms with Gasteiger partial charge in [0, 0.05) is 16.9 Å². The quantitative estimate of drug-likeness (QED) is 0.148. The van der Waals surface area contributed by atoms with E-state index < -0.39 is 0 Å². The number of anilines is 3. The largest absolute Gasteiger partial charge is 0.310 e. The maximum absolute atomic E-state index is 2.45. The van der Waals surface area contributed by atoms with Crippen molar-refractivity contribution in [3.8, 4) is 55.6 Å². The van der Waals surface area contributed by atoms with Gasteiger partial charge in [-0.1, -0.05) is 212 Å². The van der Waals surface area contributed by atoms with Gasteiger partial charge >= 0.3 is 0 Å². The van der Waals surface area contributed by atoms with Crippen molar-refractivity contribution in [1.29, 1.82) is 0 Å². The van der Waals surface area contributed by atoms with Crippen LogP contribution in [0, 0.1) is 0 Å². The van der Waals surface area contributed by atoms with Gasteiger partial charge in [-0.05, 0) is 142 Å². The zero-order valence-electron chi connectivity index (χ0n) is 35.8. The molecule has 0 amide bonds. The molecule has 0 saturated heterocycles. The van der Waals surface area contributed by atoms with Crippen molar-refractivity contribution in [2.75, 3.05) is 4.90 Å². The van der Waals surface area contributed by atoms with Crippen molar-refractivity contribution in [2.45, 2.75) is 0 Å². The molecule has 0 aromatic heterocycles. The zero-order valence-corrected chi connectivity index (χ0v) is 35.8. The average Bonchev–Trinajstić information content (AvgIpc) is 3.38. The molecule has 0 aliphatic heterocycles. The second-order valence-electron chi connectivity index (χ2n) is 16.9. The maximum Gasteiger partial charge on any atom is 0.0546 e. The molecule has 304 valence electrons. The Labute approximate surface area is 379 Å². The summed E-state index contributed by atoms with van der Waals surface area (Å²) in [5.41, 5.74) is 15.2. The fourth-order valence-electron chi connectivity index (χ4n) is 9.70. The number of benzene rings is 12. The van der Waals surface area contributed by atoms with Gasteiger partial charge in [0.05, 0.1) is 5.69 Å². The topological polar surface area (TPSA) is 3.24 Å². The third kappa shape index (κ3) is 7.20. The summed E-state index contributed by atoms with van der Waals surface area (Å²) in [5, 5.41) is 9.89. The number of fused-ring (bicyclic) bond motifs is 4. The molecule has 12 aromatic carbocycles. The maximum atomic E-state index is 2.45. The molecule has 0 spiro atoms. The van der Waals surface area contributed by atoms with E-state index in [1.807, 2.05) is 0 Å². The second-order valence-corrected chi connectivity index (χ2v) is 16.9. The molecule has 0 bridgehead atoms. The summed E-state index contributed by atoms with van der Waals surface area (Å²) in [5.74, 6) is 0. The Morgan fingerprint density at radius 3 is 1.18 bits per heavy atom. The number of hydrogen-bond acceptors (Lipinski definition) is 1. The summed E-state index contributed by atoms with van der Waals surface area (Å²) in [6, 6.07) is 95.5. The number of rotatable bonds is 8. The van der Waals surface area contributed by atoms with Crippen LogP contribution in [0.2, 0.25) is 0 Å². The normalized spacial score (nSPS) is 11.4. The predicted octanol–water partition coefficient (Wildman–Crippen LogP) is 18.1. The van der Waals surface area contributed by atoms with E-state index in [1.54, 1.807) is 0 Å². The molecule has 0 radical (unpaired) electrons. The molecule has 0 saturated carbocycles. The highest BCUT2D eigenvalue weighted by Crippen LogP contribution is 2.46. The van der Waals surface area contributed by atoms with Crippen LogP contribution in [0.4, 0.5) is 17.1 Å². The second kappa shape index (κ2) is 16.3. The molecule has 12 aromatic rings. The average molecular weight is 826 g/mol. The molecule has 1 nitrogen and oxygen atoms in total. The van der Waals surface area contributed by atoms with Crippen molar-refractivity contribution >= 4 is 60.2 Å². The summed E-state index contributed by atoms with van der Waals surface area (Å²) < 4.78 is 0. The lowest BCUT2D eigenvalue weighted by Crippen LogP contribution is -2.11. The first-order valence-corrected chi connectivity index (χ1v) is 22.4. The molecule has 12 rings (SSSR count). The molecule has 65 heavy (non-hydrogen) atoms. The first-order valence-electron chi connectivity index (χ1n) is 22.4. The molecule has 0 heterocycles. The van der Waals surface area contributed by atoms with Crippen LogP contribution >= 0.6 is 0 Å². The van der Waals surface area contributed by atoms with Gasteiger partial charge in [0.1, 0.15) is 0 Å². The molecule has 0 aliphatic carbocycles. The Hall–Kier alpha value is -8.52. The van der Waals surface area contributed by atoms with Crippen LogP contribution in [0.1, 0.15) is 0 Å². The highest BCUT2D eigenvalue weighted by molar-refractivity contribution is 6.04. The molecular formula is C64H43N. The van der Waals surface area contributed by atoms with E-state index in [9.17, 15) is 0 Å². The molecule has 0 fully saturated rings. The van der Waals surface area contributed by atoms with Crippen LogP contribution in [0.5, 0.6) is 0 Å². The smallest absolute Gasteiger partial charge is 0.0546 e. The molecule has 0 unspecified atom stereocenters. The van der Waals surface area contributed by atoms with E-state index in [0.717, 1.165) is 22.6 Å². The van der Waals surface area contributed by atoms with Gasteiger partial charge in [-0.15, -0.1) is 0 Å². The first-order chi connectivity index (χ1) is 32.2. The Bertz CT molecular complexity index is 3700. The van der Waals surface area contributed by atoms with Crippen LogP contribution in [-0.2, 0) is 0 Å². The van der Waals surface area contributed by atoms with E-state index in [2.05, 4.69) is 266 Å². The third-order valence-corrected chi connectivity index (χ3v) is 13.0. The van der Waals surface area contributed by atoms with Crippen molar-refractivity contribution in [1.82, 2.24) is 0 Å². The summed E-state index contributed by atoms with van der Waals surface area (Å²) in [6.45, 7) is 0. The number of nitrogens with zero attached hydrogens (tertiary/aromatic N) is 1. The van der Waals surface area contributed by atoms with E-state index in [1.165, 1.54) is 93.2 Å². The minimum absolute atomic E-state index is 1.08. The van der Waals surface area contributed by atoms with E-state index in [4.69, 9.17) is 0 Å². The third-order valence-electron chi connectivity index (χ3n) is 13.0. The SMILES string of the molecule is c1cc(-c2ccc(N(c3ccc(-c4ccc5ccccc5c4)cc3)c3cc(-c4cccc5ccccc45)ccc3-c3cccc4ccccc34)cc2)cc(-c2ccc3ccccc3c2)c1. The number of hydrogen-bond donors (Lipinski definition) is 0. The Kier molecular flexibility index (Phi) is 9.58. The molecular weight excluding hydrogens is 783 g/mol. The fourth-order valence-corrected chi connectivity index (χ4v) is 9.70. The summed E-state index contributed by atoms with van der Waals surface area (Å²) >= 11 is 0. The monoisotopic (exact) mass is 825 g/mol. The summed E-state index contributed by atoms with van der Waals surface area (Å²) in [6.07, 6.45) is 0. The molecule has 0 N–H and O–H groups in total. The van der Waals surface area contributed by atoms with Crippen molar-refractivity contribution < 1.29 is 0 Å². The van der Waals surface area contributed by atoms with Gasteiger partial charge < -0.3 is 4.90 Å². The lowest BCUT2D eigenvalue weighted by molar-refractivity contribution is 1.28. The van der Waals surface area contributed by atoms with E-state index in [-0.39, 0.29) is 0 Å². The first kappa shape index (κ1) is 38.2. The molecule has 0 atom stereocenters. The van der Waals surface area contributed by atoms with Gasteiger partial charge in [0.15, 0.2) is 0 Å². The van der Waals surface area contributed by atoms with Crippen LogP contribution in [0.25, 0.3) is 98.7 Å². The standard InChI is InChI=1S/C64H43N/c1-3-16-50-41-54(28-26-44(50)12-1)47-32-37-58(38-33-47)65(57-35-30-46(31-36-57)52-20-9-21-53(40-52)55-29-27-45-13-2-4-17-51(45)42-55)64-43-56(61-24-10-18-48-14-5-7-22-59(48)61)34-39-63(64)62-25-11-19-49-15-6-8-23-60(49)62/h1-43H. The van der Waals surface area contributed by atoms with Gasteiger partial charge in [0.2, 0.25) is 0 Å². The summed E-state index contributed by atoms with van der Waals surface area (Å²) in [7, 11) is 0. The lowest BCUT2D eigenvalue weighted by Gasteiger charge is -2.29. The van der Waals surface area contributed by atoms with Crippen LogP contribution < -0.4 is 4.90 Å². The highest BCUT2D eigenvalue weighted by Gasteiger charge is 2.21. The van der Waals surface area contributed by atoms with Gasteiger partial charge in [-0.2, -0.15) is 0 Å². The van der Waals surface area contributed by atoms with Gasteiger partial charge in [-0.3, -0.25) is 0 Å². The minimum Gasteiger partial charge on any atom is -0.310 e. The van der Waals surface area contributed by atoms with Crippen molar-refractivity contribution in [2.24, 2.45) is 0 Å². The van der Waals surface area contributed by atoms with Crippen LogP contribution in [0.3, 0.4) is 0 Å². The molecule has 0 aliphatic rings. The molecule has 1 heteroatoms. The Morgan fingerprint density at radius 1 is 0.200 bits per heavy atom. The van der Waals surface area contributed by atoms with Crippen molar-refractivity contribution in [3.05, 3.63) is 261 Å². The lowest BCUT2D eigenvalue weighted by atomic mass is 9.92. The van der Waals surface area contributed by atoms with Gasteiger partial charge in [0.25, 0.3) is 0 Å². The van der Waals surface area contributed by atoms with Crippen LogP contribution in [0.15, 0.2) is 261 Å².